The normalized spacial score (nSPS) is 14.5. The first kappa shape index (κ1) is 20.2. The SMILES string of the molecule is CC(C)Oc1cc2c(-c3cc(N4CCN(c5cnn(C)c5)CC4)ncn3)n[nH]c2cc1F. The molecule has 0 atom stereocenters. The van der Waals surface area contributed by atoms with Crippen LogP contribution in [0.3, 0.4) is 0 Å². The Morgan fingerprint density at radius 2 is 1.84 bits per heavy atom. The van der Waals surface area contributed by atoms with Crippen molar-refractivity contribution in [3.05, 3.63) is 42.7 Å². The number of fused-ring (bicyclic) bond motifs is 1. The van der Waals surface area contributed by atoms with E-state index in [9.17, 15) is 4.39 Å². The average molecular weight is 436 g/mol. The van der Waals surface area contributed by atoms with Crippen LogP contribution in [0.2, 0.25) is 0 Å². The number of aromatic nitrogens is 6. The molecular formula is C22H25FN8O. The summed E-state index contributed by atoms with van der Waals surface area (Å²) in [7, 11) is 1.92. The molecule has 1 aliphatic heterocycles. The summed E-state index contributed by atoms with van der Waals surface area (Å²) in [5, 5.41) is 12.3. The number of hydrogen-bond acceptors (Lipinski definition) is 7. The van der Waals surface area contributed by atoms with Crippen molar-refractivity contribution in [1.82, 2.24) is 29.9 Å². The molecule has 0 spiro atoms. The molecule has 0 saturated carbocycles. The van der Waals surface area contributed by atoms with Gasteiger partial charge in [0.2, 0.25) is 0 Å². The van der Waals surface area contributed by atoms with Crippen LogP contribution in [0.4, 0.5) is 15.9 Å². The molecule has 1 saturated heterocycles. The third-order valence-electron chi connectivity index (χ3n) is 5.53. The number of aromatic amines is 1. The van der Waals surface area contributed by atoms with Gasteiger partial charge in [-0.1, -0.05) is 0 Å². The summed E-state index contributed by atoms with van der Waals surface area (Å²) in [6.07, 6.45) is 5.34. The number of halogens is 1. The molecular weight excluding hydrogens is 411 g/mol. The molecule has 0 amide bonds. The third-order valence-corrected chi connectivity index (χ3v) is 5.53. The van der Waals surface area contributed by atoms with Crippen LogP contribution in [-0.4, -0.2) is 62.2 Å². The first-order valence-electron chi connectivity index (χ1n) is 10.6. The lowest BCUT2D eigenvalue weighted by Gasteiger charge is -2.36. The van der Waals surface area contributed by atoms with E-state index in [1.54, 1.807) is 12.4 Å². The number of ether oxygens (including phenoxy) is 1. The lowest BCUT2D eigenvalue weighted by molar-refractivity contribution is 0.231. The second kappa shape index (κ2) is 8.10. The monoisotopic (exact) mass is 436 g/mol. The van der Waals surface area contributed by atoms with E-state index in [-0.39, 0.29) is 11.9 Å². The molecule has 32 heavy (non-hydrogen) atoms. The highest BCUT2D eigenvalue weighted by Gasteiger charge is 2.21. The highest BCUT2D eigenvalue weighted by atomic mass is 19.1. The Kier molecular flexibility index (Phi) is 5.12. The molecule has 1 fully saturated rings. The summed E-state index contributed by atoms with van der Waals surface area (Å²) >= 11 is 0. The number of benzene rings is 1. The molecule has 4 heterocycles. The second-order valence-corrected chi connectivity index (χ2v) is 8.17. The maximum atomic E-state index is 14.3. The molecule has 4 aromatic rings. The summed E-state index contributed by atoms with van der Waals surface area (Å²) in [4.78, 5) is 13.5. The first-order chi connectivity index (χ1) is 15.5. The van der Waals surface area contributed by atoms with Gasteiger partial charge in [0.1, 0.15) is 17.8 Å². The van der Waals surface area contributed by atoms with E-state index in [0.29, 0.717) is 16.9 Å². The molecule has 3 aromatic heterocycles. The molecule has 1 N–H and O–H groups in total. The topological polar surface area (TPSA) is 88.0 Å². The highest BCUT2D eigenvalue weighted by Crippen LogP contribution is 2.32. The fraction of sp³-hybridized carbons (Fsp3) is 0.364. The number of nitrogens with zero attached hydrogens (tertiary/aromatic N) is 7. The average Bonchev–Trinajstić information content (AvgIpc) is 3.40. The summed E-state index contributed by atoms with van der Waals surface area (Å²) in [6, 6.07) is 5.02. The maximum Gasteiger partial charge on any atom is 0.167 e. The van der Waals surface area contributed by atoms with E-state index >= 15 is 0 Å². The van der Waals surface area contributed by atoms with Crippen molar-refractivity contribution in [3.63, 3.8) is 0 Å². The Balaban J connectivity index is 1.39. The lowest BCUT2D eigenvalue weighted by atomic mass is 10.1. The molecule has 10 heteroatoms. The van der Waals surface area contributed by atoms with Crippen LogP contribution in [0, 0.1) is 5.82 Å². The van der Waals surface area contributed by atoms with Crippen LogP contribution < -0.4 is 14.5 Å². The zero-order valence-electron chi connectivity index (χ0n) is 18.3. The van der Waals surface area contributed by atoms with Crippen molar-refractivity contribution < 1.29 is 9.13 Å². The van der Waals surface area contributed by atoms with Crippen molar-refractivity contribution in [1.29, 1.82) is 0 Å². The Morgan fingerprint density at radius 3 is 2.56 bits per heavy atom. The fourth-order valence-corrected chi connectivity index (χ4v) is 3.97. The number of piperazine rings is 1. The highest BCUT2D eigenvalue weighted by molar-refractivity contribution is 5.93. The van der Waals surface area contributed by atoms with Crippen LogP contribution >= 0.6 is 0 Å². The minimum atomic E-state index is -0.420. The summed E-state index contributed by atoms with van der Waals surface area (Å²) < 4.78 is 21.8. The van der Waals surface area contributed by atoms with Gasteiger partial charge in [0.25, 0.3) is 0 Å². The third kappa shape index (κ3) is 3.83. The zero-order valence-corrected chi connectivity index (χ0v) is 18.3. The van der Waals surface area contributed by atoms with E-state index < -0.39 is 5.82 Å². The van der Waals surface area contributed by atoms with Gasteiger partial charge in [-0.2, -0.15) is 10.2 Å². The van der Waals surface area contributed by atoms with E-state index in [1.165, 1.54) is 6.07 Å². The smallest absolute Gasteiger partial charge is 0.167 e. The Bertz CT molecular complexity index is 1240. The number of aryl methyl sites for hydroxylation is 1. The molecule has 0 aliphatic carbocycles. The summed E-state index contributed by atoms with van der Waals surface area (Å²) in [5.41, 5.74) is 3.05. The largest absolute Gasteiger partial charge is 0.488 e. The Hall–Kier alpha value is -3.69. The number of hydrogen-bond donors (Lipinski definition) is 1. The van der Waals surface area contributed by atoms with Gasteiger partial charge in [0.05, 0.1) is 29.2 Å². The minimum Gasteiger partial charge on any atom is -0.488 e. The standard InChI is InChI=1S/C22H25FN8O/c1-14(2)32-20-8-16-18(9-17(20)23)27-28-22(16)19-10-21(25-13-24-19)31-6-4-30(5-7-31)15-11-26-29(3)12-15/h8-14H,4-7H2,1-3H3,(H,27,28). The van der Waals surface area contributed by atoms with E-state index in [2.05, 4.69) is 35.1 Å². The molecule has 9 nitrogen and oxygen atoms in total. The van der Waals surface area contributed by atoms with Crippen molar-refractivity contribution in [2.24, 2.45) is 7.05 Å². The number of rotatable bonds is 5. The van der Waals surface area contributed by atoms with Crippen molar-refractivity contribution in [2.75, 3.05) is 36.0 Å². The number of H-pyrrole nitrogens is 1. The van der Waals surface area contributed by atoms with Crippen LogP contribution in [0.25, 0.3) is 22.3 Å². The molecule has 0 radical (unpaired) electrons. The number of nitrogens with one attached hydrogen (secondary N) is 1. The predicted octanol–water partition coefficient (Wildman–Crippen LogP) is 3.01. The van der Waals surface area contributed by atoms with Gasteiger partial charge in [0, 0.05) is 56.9 Å². The van der Waals surface area contributed by atoms with E-state index in [4.69, 9.17) is 4.74 Å². The van der Waals surface area contributed by atoms with Crippen LogP contribution in [0.1, 0.15) is 13.8 Å². The summed E-state index contributed by atoms with van der Waals surface area (Å²) in [5.74, 6) is 0.630. The molecule has 5 rings (SSSR count). The van der Waals surface area contributed by atoms with Crippen LogP contribution in [0.15, 0.2) is 36.9 Å². The Morgan fingerprint density at radius 1 is 1.06 bits per heavy atom. The van der Waals surface area contributed by atoms with Crippen LogP contribution in [0.5, 0.6) is 5.75 Å². The van der Waals surface area contributed by atoms with Gasteiger partial charge in [0.15, 0.2) is 11.6 Å². The zero-order chi connectivity index (χ0) is 22.2. The van der Waals surface area contributed by atoms with Gasteiger partial charge >= 0.3 is 0 Å². The van der Waals surface area contributed by atoms with Gasteiger partial charge in [-0.05, 0) is 19.9 Å². The van der Waals surface area contributed by atoms with Crippen molar-refractivity contribution in [3.8, 4) is 17.1 Å². The summed E-state index contributed by atoms with van der Waals surface area (Å²) in [6.45, 7) is 7.17. The quantitative estimate of drug-likeness (QED) is 0.515. The van der Waals surface area contributed by atoms with Gasteiger partial charge < -0.3 is 14.5 Å². The maximum absolute atomic E-state index is 14.3. The van der Waals surface area contributed by atoms with Gasteiger partial charge in [-0.25, -0.2) is 14.4 Å². The van der Waals surface area contributed by atoms with E-state index in [0.717, 1.165) is 43.1 Å². The predicted molar refractivity (Wildman–Crippen MR) is 120 cm³/mol. The van der Waals surface area contributed by atoms with E-state index in [1.807, 2.05) is 44.0 Å². The molecule has 1 aliphatic rings. The lowest BCUT2D eigenvalue weighted by Crippen LogP contribution is -2.46. The Labute approximate surface area is 184 Å². The molecule has 0 bridgehead atoms. The van der Waals surface area contributed by atoms with Gasteiger partial charge in [-0.3, -0.25) is 9.78 Å². The van der Waals surface area contributed by atoms with Crippen LogP contribution in [-0.2, 0) is 7.05 Å². The number of anilines is 2. The fourth-order valence-electron chi connectivity index (χ4n) is 3.97. The van der Waals surface area contributed by atoms with Crippen molar-refractivity contribution >= 4 is 22.4 Å². The first-order valence-corrected chi connectivity index (χ1v) is 10.6. The molecule has 1 aromatic carbocycles. The second-order valence-electron chi connectivity index (χ2n) is 8.17. The van der Waals surface area contributed by atoms with Gasteiger partial charge in [-0.15, -0.1) is 0 Å². The molecule has 166 valence electrons. The van der Waals surface area contributed by atoms with Crippen molar-refractivity contribution in [2.45, 2.75) is 20.0 Å². The minimum absolute atomic E-state index is 0.131. The molecule has 0 unspecified atom stereocenters.